The summed E-state index contributed by atoms with van der Waals surface area (Å²) in [5, 5.41) is 11.9. The lowest BCUT2D eigenvalue weighted by Crippen LogP contribution is -2.42. The Labute approximate surface area is 200 Å². The zero-order valence-electron chi connectivity index (χ0n) is 19.4. The molecule has 2 aromatic rings. The highest BCUT2D eigenvalue weighted by Gasteiger charge is 2.29. The van der Waals surface area contributed by atoms with Crippen LogP contribution in [0.1, 0.15) is 62.0 Å². The number of carboxylic acids is 1. The Hall–Kier alpha value is -3.35. The van der Waals surface area contributed by atoms with Gasteiger partial charge in [0.15, 0.2) is 0 Å². The molecule has 0 bridgehead atoms. The number of amides is 2. The summed E-state index contributed by atoms with van der Waals surface area (Å²) in [6.45, 7) is 0.442. The maximum absolute atomic E-state index is 12.6. The number of carboxylic acid groups (broad SMARTS) is 1. The van der Waals surface area contributed by atoms with Crippen LogP contribution in [-0.2, 0) is 14.3 Å². The Kier molecular flexibility index (Phi) is 7.83. The number of nitrogens with one attached hydrogen (secondary N) is 1. The lowest BCUT2D eigenvalue weighted by Gasteiger charge is -2.27. The van der Waals surface area contributed by atoms with Crippen molar-refractivity contribution in [3.8, 4) is 11.1 Å². The molecule has 2 aromatic carbocycles. The van der Waals surface area contributed by atoms with Gasteiger partial charge in [0.05, 0.1) is 0 Å². The largest absolute Gasteiger partial charge is 0.480 e. The normalized spacial score (nSPS) is 14.9. The predicted molar refractivity (Wildman–Crippen MR) is 129 cm³/mol. The first-order valence-corrected chi connectivity index (χ1v) is 12.1. The maximum atomic E-state index is 12.6. The van der Waals surface area contributed by atoms with Crippen LogP contribution >= 0.6 is 0 Å². The zero-order chi connectivity index (χ0) is 23.9. The smallest absolute Gasteiger partial charge is 0.407 e. The van der Waals surface area contributed by atoms with Gasteiger partial charge in [-0.1, -0.05) is 61.4 Å². The van der Waals surface area contributed by atoms with E-state index in [1.54, 1.807) is 0 Å². The number of benzene rings is 2. The third-order valence-corrected chi connectivity index (χ3v) is 6.82. The minimum atomic E-state index is -0.975. The van der Waals surface area contributed by atoms with E-state index in [0.717, 1.165) is 25.7 Å². The standard InChI is InChI=1S/C27H32N2O5/c30-25(29(17-26(31)32)19-9-1-2-10-19)15-7-8-16-28-27(33)34-18-24-22-13-5-3-11-20(22)21-12-4-6-14-23(21)24/h3-6,11-14,19,24H,1-2,7-10,15-18H2,(H,28,33)(H,31,32). The van der Waals surface area contributed by atoms with Crippen LogP contribution in [0, 0.1) is 0 Å². The van der Waals surface area contributed by atoms with E-state index in [9.17, 15) is 14.4 Å². The fourth-order valence-electron chi connectivity index (χ4n) is 5.17. The summed E-state index contributed by atoms with van der Waals surface area (Å²) in [5.74, 6) is -1.07. The zero-order valence-corrected chi connectivity index (χ0v) is 19.4. The SMILES string of the molecule is O=C(O)CN(C(=O)CCCCNC(=O)OCC1c2ccccc2-c2ccccc21)C1CCCC1. The molecule has 4 rings (SSSR count). The summed E-state index contributed by atoms with van der Waals surface area (Å²) in [5.41, 5.74) is 4.71. The maximum Gasteiger partial charge on any atom is 0.407 e. The van der Waals surface area contributed by atoms with Crippen LogP contribution in [0.3, 0.4) is 0 Å². The molecule has 0 aliphatic heterocycles. The van der Waals surface area contributed by atoms with Gasteiger partial charge in [0.1, 0.15) is 13.2 Å². The number of nitrogens with zero attached hydrogens (tertiary/aromatic N) is 1. The number of hydrogen-bond donors (Lipinski definition) is 2. The summed E-state index contributed by atoms with van der Waals surface area (Å²) in [7, 11) is 0. The molecule has 7 nitrogen and oxygen atoms in total. The minimum absolute atomic E-state index is 0.0200. The van der Waals surface area contributed by atoms with Crippen molar-refractivity contribution in [1.82, 2.24) is 10.2 Å². The molecule has 0 atom stereocenters. The summed E-state index contributed by atoms with van der Waals surface area (Å²) >= 11 is 0. The Morgan fingerprint density at radius 3 is 2.18 bits per heavy atom. The minimum Gasteiger partial charge on any atom is -0.480 e. The molecule has 1 fully saturated rings. The Balaban J connectivity index is 1.19. The van der Waals surface area contributed by atoms with Crippen LogP contribution in [-0.4, -0.2) is 53.7 Å². The molecule has 2 amide bonds. The highest BCUT2D eigenvalue weighted by molar-refractivity contribution is 5.82. The van der Waals surface area contributed by atoms with Gasteiger partial charge < -0.3 is 20.1 Å². The first kappa shape index (κ1) is 23.8. The van der Waals surface area contributed by atoms with Gasteiger partial charge in [0.25, 0.3) is 0 Å². The summed E-state index contributed by atoms with van der Waals surface area (Å²) in [4.78, 5) is 37.5. The van der Waals surface area contributed by atoms with E-state index in [1.165, 1.54) is 27.2 Å². The lowest BCUT2D eigenvalue weighted by atomic mass is 9.98. The molecule has 34 heavy (non-hydrogen) atoms. The van der Waals surface area contributed by atoms with Crippen LogP contribution in [0.2, 0.25) is 0 Å². The fourth-order valence-corrected chi connectivity index (χ4v) is 5.17. The molecular formula is C27H32N2O5. The van der Waals surface area contributed by atoms with Crippen molar-refractivity contribution < 1.29 is 24.2 Å². The van der Waals surface area contributed by atoms with E-state index in [4.69, 9.17) is 9.84 Å². The molecule has 0 aromatic heterocycles. The number of unbranched alkanes of at least 4 members (excludes halogenated alkanes) is 1. The van der Waals surface area contributed by atoms with E-state index in [2.05, 4.69) is 29.6 Å². The van der Waals surface area contributed by atoms with E-state index in [0.29, 0.717) is 19.4 Å². The Bertz CT molecular complexity index is 986. The summed E-state index contributed by atoms with van der Waals surface area (Å²) < 4.78 is 5.53. The van der Waals surface area contributed by atoms with E-state index >= 15 is 0 Å². The average Bonchev–Trinajstić information content (AvgIpc) is 3.47. The van der Waals surface area contributed by atoms with Crippen molar-refractivity contribution in [2.45, 2.75) is 56.9 Å². The molecule has 0 spiro atoms. The predicted octanol–water partition coefficient (Wildman–Crippen LogP) is 4.55. The van der Waals surface area contributed by atoms with E-state index in [1.807, 2.05) is 24.3 Å². The van der Waals surface area contributed by atoms with Gasteiger partial charge in [-0.25, -0.2) is 4.79 Å². The average molecular weight is 465 g/mol. The number of ether oxygens (including phenoxy) is 1. The van der Waals surface area contributed by atoms with Crippen molar-refractivity contribution >= 4 is 18.0 Å². The molecule has 0 radical (unpaired) electrons. The Morgan fingerprint density at radius 1 is 0.941 bits per heavy atom. The quantitative estimate of drug-likeness (QED) is 0.503. The second kappa shape index (κ2) is 11.2. The lowest BCUT2D eigenvalue weighted by molar-refractivity contribution is -0.146. The van der Waals surface area contributed by atoms with Gasteiger partial charge in [-0.15, -0.1) is 0 Å². The molecular weight excluding hydrogens is 432 g/mol. The van der Waals surface area contributed by atoms with Gasteiger partial charge in [-0.3, -0.25) is 9.59 Å². The first-order chi connectivity index (χ1) is 16.5. The van der Waals surface area contributed by atoms with Crippen LogP contribution in [0.4, 0.5) is 4.79 Å². The monoisotopic (exact) mass is 464 g/mol. The molecule has 2 aliphatic rings. The Morgan fingerprint density at radius 2 is 1.56 bits per heavy atom. The first-order valence-electron chi connectivity index (χ1n) is 12.1. The van der Waals surface area contributed by atoms with Gasteiger partial charge in [0.2, 0.25) is 5.91 Å². The van der Waals surface area contributed by atoms with Gasteiger partial charge >= 0.3 is 12.1 Å². The summed E-state index contributed by atoms with van der Waals surface area (Å²) in [6.07, 6.45) is 4.87. The van der Waals surface area contributed by atoms with Crippen LogP contribution in [0.15, 0.2) is 48.5 Å². The third-order valence-electron chi connectivity index (χ3n) is 6.82. The number of hydrogen-bond acceptors (Lipinski definition) is 4. The molecule has 0 unspecified atom stereocenters. The van der Waals surface area contributed by atoms with Crippen LogP contribution < -0.4 is 5.32 Å². The topological polar surface area (TPSA) is 95.9 Å². The number of aliphatic carboxylic acids is 1. The third kappa shape index (κ3) is 5.58. The molecule has 2 N–H and O–H groups in total. The van der Waals surface area contributed by atoms with Gasteiger partial charge in [-0.2, -0.15) is 0 Å². The summed E-state index contributed by atoms with van der Waals surface area (Å²) in [6, 6.07) is 16.4. The molecule has 0 saturated heterocycles. The fraction of sp³-hybridized carbons (Fsp3) is 0.444. The van der Waals surface area contributed by atoms with Crippen LogP contribution in [0.5, 0.6) is 0 Å². The van der Waals surface area contributed by atoms with E-state index in [-0.39, 0.29) is 37.4 Å². The molecule has 2 aliphatic carbocycles. The number of rotatable bonds is 10. The molecule has 180 valence electrons. The number of carbonyl (C=O) groups excluding carboxylic acids is 2. The van der Waals surface area contributed by atoms with Crippen molar-refractivity contribution in [1.29, 1.82) is 0 Å². The van der Waals surface area contributed by atoms with E-state index < -0.39 is 12.1 Å². The van der Waals surface area contributed by atoms with Crippen LogP contribution in [0.25, 0.3) is 11.1 Å². The molecule has 7 heteroatoms. The van der Waals surface area contributed by atoms with Crippen molar-refractivity contribution in [2.24, 2.45) is 0 Å². The highest BCUT2D eigenvalue weighted by atomic mass is 16.5. The second-order valence-corrected chi connectivity index (χ2v) is 9.06. The molecule has 0 heterocycles. The van der Waals surface area contributed by atoms with Gasteiger partial charge in [-0.05, 0) is 47.9 Å². The highest BCUT2D eigenvalue weighted by Crippen LogP contribution is 2.44. The number of carbonyl (C=O) groups is 3. The van der Waals surface area contributed by atoms with Crippen molar-refractivity contribution in [2.75, 3.05) is 19.7 Å². The number of alkyl carbamates (subject to hydrolysis) is 1. The van der Waals surface area contributed by atoms with Crippen molar-refractivity contribution in [3.05, 3.63) is 59.7 Å². The second-order valence-electron chi connectivity index (χ2n) is 9.06. The van der Waals surface area contributed by atoms with Crippen molar-refractivity contribution in [3.63, 3.8) is 0 Å². The molecule has 1 saturated carbocycles. The number of fused-ring (bicyclic) bond motifs is 3. The van der Waals surface area contributed by atoms with Gasteiger partial charge in [0, 0.05) is 24.9 Å².